The van der Waals surface area contributed by atoms with E-state index in [4.69, 9.17) is 5.73 Å². The highest BCUT2D eigenvalue weighted by atomic mass is 79.9. The third kappa shape index (κ3) is 3.53. The Hall–Kier alpha value is -1.96. The molecule has 0 saturated carbocycles. The van der Waals surface area contributed by atoms with Gasteiger partial charge in [-0.25, -0.2) is 14.8 Å². The number of hydrogen-bond acceptors (Lipinski definition) is 5. The zero-order chi connectivity index (χ0) is 14.9. The van der Waals surface area contributed by atoms with Crippen LogP contribution in [0.1, 0.15) is 20.8 Å². The van der Waals surface area contributed by atoms with Gasteiger partial charge in [0.15, 0.2) is 11.5 Å². The largest absolute Gasteiger partial charge is 0.368 e. The first-order valence-corrected chi connectivity index (χ1v) is 6.72. The summed E-state index contributed by atoms with van der Waals surface area (Å²) in [5.74, 6) is 0.509. The van der Waals surface area contributed by atoms with E-state index in [9.17, 15) is 4.79 Å². The van der Waals surface area contributed by atoms with Gasteiger partial charge in [-0.1, -0.05) is 0 Å². The number of aromatic nitrogens is 3. The molecule has 0 spiro atoms. The van der Waals surface area contributed by atoms with E-state index in [-0.39, 0.29) is 17.5 Å². The summed E-state index contributed by atoms with van der Waals surface area (Å²) in [6.07, 6.45) is 1.58. The number of nitrogens with one attached hydrogen (secondary N) is 2. The number of nitrogens with zero attached hydrogens (tertiary/aromatic N) is 3. The molecule has 0 aliphatic heterocycles. The van der Waals surface area contributed by atoms with Crippen LogP contribution in [0.5, 0.6) is 0 Å². The molecule has 0 radical (unpaired) electrons. The molecule has 0 aromatic carbocycles. The third-order valence-electron chi connectivity index (χ3n) is 2.26. The van der Waals surface area contributed by atoms with E-state index in [1.54, 1.807) is 12.3 Å². The summed E-state index contributed by atoms with van der Waals surface area (Å²) in [7, 11) is 0. The monoisotopic (exact) mass is 338 g/mol. The van der Waals surface area contributed by atoms with Gasteiger partial charge in [0, 0.05) is 17.1 Å². The lowest BCUT2D eigenvalue weighted by Gasteiger charge is -2.20. The molecule has 4 N–H and O–H groups in total. The maximum absolute atomic E-state index is 11.8. The van der Waals surface area contributed by atoms with Crippen molar-refractivity contribution >= 4 is 44.8 Å². The standard InChI is InChI=1S/C12H15BrN6O/c1-12(2,3)19-11(20)18-9-7(13)4-6-5-15-10(14)17-8(6)16-9/h4-5H,1-3H3,(H4,14,15,16,17,18,19,20). The molecule has 0 bridgehead atoms. The predicted molar refractivity (Wildman–Crippen MR) is 81.4 cm³/mol. The highest BCUT2D eigenvalue weighted by molar-refractivity contribution is 9.10. The van der Waals surface area contributed by atoms with Gasteiger partial charge in [-0.2, -0.15) is 4.98 Å². The highest BCUT2D eigenvalue weighted by Crippen LogP contribution is 2.24. The van der Waals surface area contributed by atoms with E-state index < -0.39 is 0 Å². The molecule has 2 aromatic rings. The molecule has 0 aliphatic rings. The number of pyridine rings is 1. The van der Waals surface area contributed by atoms with Crippen molar-refractivity contribution in [3.63, 3.8) is 0 Å². The summed E-state index contributed by atoms with van der Waals surface area (Å²) in [6.45, 7) is 5.68. The van der Waals surface area contributed by atoms with Gasteiger partial charge in [-0.05, 0) is 42.8 Å². The summed E-state index contributed by atoms with van der Waals surface area (Å²) >= 11 is 3.35. The SMILES string of the molecule is CC(C)(C)NC(=O)Nc1nc2nc(N)ncc2cc1Br. The number of rotatable bonds is 1. The molecular formula is C12H15BrN6O. The third-order valence-corrected chi connectivity index (χ3v) is 2.87. The molecule has 0 saturated heterocycles. The fourth-order valence-electron chi connectivity index (χ4n) is 1.52. The normalized spacial score (nSPS) is 11.4. The topological polar surface area (TPSA) is 106 Å². The Kier molecular flexibility index (Phi) is 3.76. The van der Waals surface area contributed by atoms with Crippen LogP contribution in [0, 0.1) is 0 Å². The first-order chi connectivity index (χ1) is 9.24. The zero-order valence-corrected chi connectivity index (χ0v) is 12.9. The van der Waals surface area contributed by atoms with Gasteiger partial charge >= 0.3 is 6.03 Å². The zero-order valence-electron chi connectivity index (χ0n) is 11.4. The van der Waals surface area contributed by atoms with Gasteiger partial charge in [0.2, 0.25) is 5.95 Å². The van der Waals surface area contributed by atoms with Crippen LogP contribution in [-0.2, 0) is 0 Å². The van der Waals surface area contributed by atoms with Crippen LogP contribution in [0.4, 0.5) is 16.6 Å². The molecule has 2 heterocycles. The van der Waals surface area contributed by atoms with Gasteiger partial charge < -0.3 is 11.1 Å². The lowest BCUT2D eigenvalue weighted by Crippen LogP contribution is -2.43. The number of nitrogens with two attached hydrogens (primary N) is 1. The first kappa shape index (κ1) is 14.4. The van der Waals surface area contributed by atoms with E-state index in [1.807, 2.05) is 20.8 Å². The van der Waals surface area contributed by atoms with Crippen molar-refractivity contribution < 1.29 is 4.79 Å². The first-order valence-electron chi connectivity index (χ1n) is 5.92. The van der Waals surface area contributed by atoms with Crippen LogP contribution in [0.3, 0.4) is 0 Å². The van der Waals surface area contributed by atoms with Crippen molar-refractivity contribution in [1.82, 2.24) is 20.3 Å². The minimum absolute atomic E-state index is 0.136. The predicted octanol–water partition coefficient (Wildman–Crippen LogP) is 2.29. The summed E-state index contributed by atoms with van der Waals surface area (Å²) in [4.78, 5) is 24.0. The summed E-state index contributed by atoms with van der Waals surface area (Å²) < 4.78 is 0.641. The molecule has 7 nitrogen and oxygen atoms in total. The van der Waals surface area contributed by atoms with Gasteiger partial charge in [-0.15, -0.1) is 0 Å². The number of anilines is 2. The molecule has 0 fully saturated rings. The molecule has 106 valence electrons. The van der Waals surface area contributed by atoms with Gasteiger partial charge in [0.05, 0.1) is 4.47 Å². The Morgan fingerprint density at radius 1 is 1.35 bits per heavy atom. The Labute approximate surface area is 124 Å². The fraction of sp³-hybridized carbons (Fsp3) is 0.333. The Morgan fingerprint density at radius 2 is 2.05 bits per heavy atom. The minimum atomic E-state index is -0.341. The second-order valence-electron chi connectivity index (χ2n) is 5.29. The quantitative estimate of drug-likeness (QED) is 0.739. The van der Waals surface area contributed by atoms with E-state index in [0.29, 0.717) is 15.9 Å². The Balaban J connectivity index is 2.30. The van der Waals surface area contributed by atoms with Gasteiger partial charge in [-0.3, -0.25) is 5.32 Å². The molecule has 2 rings (SSSR count). The molecule has 0 atom stereocenters. The van der Waals surface area contributed by atoms with Crippen LogP contribution < -0.4 is 16.4 Å². The number of fused-ring (bicyclic) bond motifs is 1. The van der Waals surface area contributed by atoms with Crippen LogP contribution >= 0.6 is 15.9 Å². The van der Waals surface area contributed by atoms with Crippen molar-refractivity contribution in [1.29, 1.82) is 0 Å². The number of urea groups is 1. The molecule has 0 aliphatic carbocycles. The highest BCUT2D eigenvalue weighted by Gasteiger charge is 2.15. The number of carbonyl (C=O) groups is 1. The van der Waals surface area contributed by atoms with Crippen molar-refractivity contribution in [2.45, 2.75) is 26.3 Å². The summed E-state index contributed by atoms with van der Waals surface area (Å²) in [5, 5.41) is 6.18. The molecule has 2 aromatic heterocycles. The van der Waals surface area contributed by atoms with Gasteiger partial charge in [0.25, 0.3) is 0 Å². The average molecular weight is 339 g/mol. The Bertz CT molecular complexity index is 667. The van der Waals surface area contributed by atoms with E-state index in [1.165, 1.54) is 0 Å². The fourth-order valence-corrected chi connectivity index (χ4v) is 1.95. The van der Waals surface area contributed by atoms with E-state index in [2.05, 4.69) is 41.5 Å². The number of halogens is 1. The average Bonchev–Trinajstić information content (AvgIpc) is 2.28. The lowest BCUT2D eigenvalue weighted by molar-refractivity contribution is 0.243. The summed E-state index contributed by atoms with van der Waals surface area (Å²) in [6, 6.07) is 1.43. The van der Waals surface area contributed by atoms with Crippen LogP contribution in [0.2, 0.25) is 0 Å². The molecule has 8 heteroatoms. The molecule has 2 amide bonds. The molecule has 20 heavy (non-hydrogen) atoms. The van der Waals surface area contributed by atoms with Crippen molar-refractivity contribution in [2.24, 2.45) is 0 Å². The minimum Gasteiger partial charge on any atom is -0.368 e. The van der Waals surface area contributed by atoms with Crippen molar-refractivity contribution in [3.8, 4) is 0 Å². The molecule has 0 unspecified atom stereocenters. The number of amides is 2. The van der Waals surface area contributed by atoms with Crippen LogP contribution in [-0.4, -0.2) is 26.5 Å². The maximum Gasteiger partial charge on any atom is 0.320 e. The van der Waals surface area contributed by atoms with Gasteiger partial charge in [0.1, 0.15) is 0 Å². The van der Waals surface area contributed by atoms with Crippen LogP contribution in [0.15, 0.2) is 16.7 Å². The maximum atomic E-state index is 11.8. The lowest BCUT2D eigenvalue weighted by atomic mass is 10.1. The number of nitrogen functional groups attached to an aromatic ring is 1. The number of carbonyl (C=O) groups excluding carboxylic acids is 1. The Morgan fingerprint density at radius 3 is 2.70 bits per heavy atom. The van der Waals surface area contributed by atoms with Crippen LogP contribution in [0.25, 0.3) is 11.0 Å². The molecular weight excluding hydrogens is 324 g/mol. The summed E-state index contributed by atoms with van der Waals surface area (Å²) in [5.41, 5.74) is 5.61. The second kappa shape index (κ2) is 5.20. The van der Waals surface area contributed by atoms with E-state index in [0.717, 1.165) is 5.39 Å². The number of hydrogen-bond donors (Lipinski definition) is 3. The van der Waals surface area contributed by atoms with Crippen molar-refractivity contribution in [3.05, 3.63) is 16.7 Å². The van der Waals surface area contributed by atoms with Crippen molar-refractivity contribution in [2.75, 3.05) is 11.1 Å². The smallest absolute Gasteiger partial charge is 0.320 e. The second-order valence-corrected chi connectivity index (χ2v) is 6.14. The van der Waals surface area contributed by atoms with E-state index >= 15 is 0 Å².